The Bertz CT molecular complexity index is 736. The van der Waals surface area contributed by atoms with Crippen LogP contribution in [0.4, 0.5) is 0 Å². The Balaban J connectivity index is 1.89. The SMILES string of the molecule is CC[C@H]1CCCCN1Cn1nc(-c2cccc(Br)c2)n(C)c1=S. The average Bonchev–Trinajstić information content (AvgIpc) is 2.84. The zero-order valence-corrected chi connectivity index (χ0v) is 16.1. The van der Waals surface area contributed by atoms with Gasteiger partial charge in [0.05, 0.1) is 6.67 Å². The largest absolute Gasteiger partial charge is 0.303 e. The minimum absolute atomic E-state index is 0.655. The molecule has 0 radical (unpaired) electrons. The normalized spacial score (nSPS) is 19.2. The van der Waals surface area contributed by atoms with E-state index in [1.807, 2.05) is 28.4 Å². The van der Waals surface area contributed by atoms with E-state index < -0.39 is 0 Å². The maximum atomic E-state index is 5.62. The third-order valence-corrected chi connectivity index (χ3v) is 5.64. The van der Waals surface area contributed by atoms with Crippen molar-refractivity contribution in [2.24, 2.45) is 7.05 Å². The van der Waals surface area contributed by atoms with Crippen LogP contribution in [0.15, 0.2) is 28.7 Å². The van der Waals surface area contributed by atoms with Crippen LogP contribution in [0.5, 0.6) is 0 Å². The fourth-order valence-corrected chi connectivity index (χ4v) is 3.92. The van der Waals surface area contributed by atoms with Gasteiger partial charge < -0.3 is 4.57 Å². The van der Waals surface area contributed by atoms with Crippen LogP contribution in [0, 0.1) is 4.77 Å². The molecule has 0 amide bonds. The van der Waals surface area contributed by atoms with E-state index in [0.29, 0.717) is 6.04 Å². The predicted octanol–water partition coefficient (Wildman–Crippen LogP) is 4.60. The van der Waals surface area contributed by atoms with E-state index in [4.69, 9.17) is 17.3 Å². The first-order valence-electron chi connectivity index (χ1n) is 8.24. The van der Waals surface area contributed by atoms with Crippen molar-refractivity contribution in [2.75, 3.05) is 6.54 Å². The van der Waals surface area contributed by atoms with Crippen LogP contribution >= 0.6 is 28.1 Å². The molecule has 1 aromatic heterocycles. The number of rotatable bonds is 4. The highest BCUT2D eigenvalue weighted by Gasteiger charge is 2.22. The molecule has 4 nitrogen and oxygen atoms in total. The first-order chi connectivity index (χ1) is 11.1. The molecular formula is C17H23BrN4S. The number of halogens is 1. The molecule has 3 rings (SSSR count). The molecule has 1 aromatic carbocycles. The Morgan fingerprint density at radius 2 is 2.17 bits per heavy atom. The zero-order valence-electron chi connectivity index (χ0n) is 13.7. The van der Waals surface area contributed by atoms with Crippen LogP contribution in [0.1, 0.15) is 32.6 Å². The van der Waals surface area contributed by atoms with Crippen LogP contribution in [-0.4, -0.2) is 31.8 Å². The van der Waals surface area contributed by atoms with Gasteiger partial charge in [-0.15, -0.1) is 0 Å². The summed E-state index contributed by atoms with van der Waals surface area (Å²) in [5.74, 6) is 0.918. The molecule has 6 heteroatoms. The molecule has 0 N–H and O–H groups in total. The zero-order chi connectivity index (χ0) is 16.4. The van der Waals surface area contributed by atoms with E-state index >= 15 is 0 Å². The molecule has 1 saturated heterocycles. The lowest BCUT2D eigenvalue weighted by atomic mass is 10.0. The average molecular weight is 395 g/mol. The van der Waals surface area contributed by atoms with Gasteiger partial charge in [0.15, 0.2) is 10.6 Å². The molecule has 23 heavy (non-hydrogen) atoms. The van der Waals surface area contributed by atoms with Crippen molar-refractivity contribution in [3.63, 3.8) is 0 Å². The second-order valence-corrected chi connectivity index (χ2v) is 7.47. The van der Waals surface area contributed by atoms with Crippen molar-refractivity contribution in [3.8, 4) is 11.4 Å². The number of hydrogen-bond acceptors (Lipinski definition) is 3. The highest BCUT2D eigenvalue weighted by molar-refractivity contribution is 9.10. The van der Waals surface area contributed by atoms with Crippen molar-refractivity contribution in [2.45, 2.75) is 45.3 Å². The van der Waals surface area contributed by atoms with Gasteiger partial charge in [0, 0.05) is 29.7 Å². The second kappa shape index (κ2) is 7.28. The van der Waals surface area contributed by atoms with Gasteiger partial charge in [0.25, 0.3) is 0 Å². The fraction of sp³-hybridized carbons (Fsp3) is 0.529. The molecule has 0 spiro atoms. The van der Waals surface area contributed by atoms with E-state index in [1.165, 1.54) is 25.7 Å². The maximum Gasteiger partial charge on any atom is 0.199 e. The van der Waals surface area contributed by atoms with E-state index in [-0.39, 0.29) is 0 Å². The highest BCUT2D eigenvalue weighted by atomic mass is 79.9. The number of hydrogen-bond donors (Lipinski definition) is 0. The molecule has 2 heterocycles. The molecule has 1 atom stereocenters. The summed E-state index contributed by atoms with van der Waals surface area (Å²) in [6, 6.07) is 8.86. The molecular weight excluding hydrogens is 372 g/mol. The summed E-state index contributed by atoms with van der Waals surface area (Å²) in [6.07, 6.45) is 5.09. The van der Waals surface area contributed by atoms with Gasteiger partial charge in [-0.2, -0.15) is 5.10 Å². The summed E-state index contributed by atoms with van der Waals surface area (Å²) in [4.78, 5) is 2.52. The highest BCUT2D eigenvalue weighted by Crippen LogP contribution is 2.23. The molecule has 1 aliphatic heterocycles. The van der Waals surface area contributed by atoms with Crippen LogP contribution < -0.4 is 0 Å². The molecule has 0 unspecified atom stereocenters. The number of piperidine rings is 1. The summed E-state index contributed by atoms with van der Waals surface area (Å²) >= 11 is 9.14. The molecule has 0 bridgehead atoms. The van der Waals surface area contributed by atoms with Gasteiger partial charge >= 0.3 is 0 Å². The molecule has 1 aliphatic rings. The molecule has 1 fully saturated rings. The monoisotopic (exact) mass is 394 g/mol. The second-order valence-electron chi connectivity index (χ2n) is 6.19. The van der Waals surface area contributed by atoms with Gasteiger partial charge in [-0.05, 0) is 43.6 Å². The van der Waals surface area contributed by atoms with Crippen molar-refractivity contribution in [1.29, 1.82) is 0 Å². The predicted molar refractivity (Wildman–Crippen MR) is 99.8 cm³/mol. The maximum absolute atomic E-state index is 5.62. The molecule has 0 saturated carbocycles. The number of benzene rings is 1. The molecule has 2 aromatic rings. The minimum atomic E-state index is 0.655. The summed E-state index contributed by atoms with van der Waals surface area (Å²) in [5, 5.41) is 4.80. The van der Waals surface area contributed by atoms with Crippen molar-refractivity contribution in [3.05, 3.63) is 33.5 Å². The van der Waals surface area contributed by atoms with Crippen LogP contribution in [0.2, 0.25) is 0 Å². The van der Waals surface area contributed by atoms with Crippen LogP contribution in [-0.2, 0) is 13.7 Å². The summed E-state index contributed by atoms with van der Waals surface area (Å²) < 4.78 is 5.81. The Labute approximate surface area is 151 Å². The summed E-state index contributed by atoms with van der Waals surface area (Å²) in [6.45, 7) is 4.20. The third kappa shape index (κ3) is 3.59. The van der Waals surface area contributed by atoms with E-state index in [0.717, 1.165) is 33.8 Å². The van der Waals surface area contributed by atoms with E-state index in [2.05, 4.69) is 39.9 Å². The third-order valence-electron chi connectivity index (χ3n) is 4.66. The smallest absolute Gasteiger partial charge is 0.199 e. The van der Waals surface area contributed by atoms with Crippen molar-refractivity contribution in [1.82, 2.24) is 19.2 Å². The number of nitrogens with zero attached hydrogens (tertiary/aromatic N) is 4. The Morgan fingerprint density at radius 3 is 2.91 bits per heavy atom. The Kier molecular flexibility index (Phi) is 5.34. The lowest BCUT2D eigenvalue weighted by Crippen LogP contribution is -2.40. The summed E-state index contributed by atoms with van der Waals surface area (Å²) in [7, 11) is 2.00. The van der Waals surface area contributed by atoms with Gasteiger partial charge in [-0.3, -0.25) is 4.90 Å². The van der Waals surface area contributed by atoms with Crippen LogP contribution in [0.3, 0.4) is 0 Å². The molecule has 0 aliphatic carbocycles. The first-order valence-corrected chi connectivity index (χ1v) is 9.44. The molecule has 124 valence electrons. The van der Waals surface area contributed by atoms with E-state index in [9.17, 15) is 0 Å². The van der Waals surface area contributed by atoms with Gasteiger partial charge in [0.1, 0.15) is 0 Å². The van der Waals surface area contributed by atoms with Gasteiger partial charge in [0.2, 0.25) is 0 Å². The quantitative estimate of drug-likeness (QED) is 0.708. The van der Waals surface area contributed by atoms with E-state index in [1.54, 1.807) is 0 Å². The Hall–Kier alpha value is -0.980. The van der Waals surface area contributed by atoms with Crippen LogP contribution in [0.25, 0.3) is 11.4 Å². The first kappa shape index (κ1) is 16.9. The minimum Gasteiger partial charge on any atom is -0.303 e. The standard InChI is InChI=1S/C17H23BrN4S/c1-3-15-9-4-5-10-21(15)12-22-17(23)20(2)16(19-22)13-7-6-8-14(18)11-13/h6-8,11,15H,3-5,9-10,12H2,1-2H3/t15-/m0/s1. The lowest BCUT2D eigenvalue weighted by molar-refractivity contribution is 0.100. The Morgan fingerprint density at radius 1 is 1.35 bits per heavy atom. The van der Waals surface area contributed by atoms with Crippen molar-refractivity contribution >= 4 is 28.1 Å². The van der Waals surface area contributed by atoms with Gasteiger partial charge in [-0.1, -0.05) is 41.4 Å². The summed E-state index contributed by atoms with van der Waals surface area (Å²) in [5.41, 5.74) is 1.08. The van der Waals surface area contributed by atoms with Gasteiger partial charge in [-0.25, -0.2) is 4.68 Å². The topological polar surface area (TPSA) is 26.0 Å². The number of likely N-dealkylation sites (tertiary alicyclic amines) is 1. The fourth-order valence-electron chi connectivity index (χ4n) is 3.34. The number of aromatic nitrogens is 3. The lowest BCUT2D eigenvalue weighted by Gasteiger charge is -2.34. The van der Waals surface area contributed by atoms with Crippen molar-refractivity contribution < 1.29 is 0 Å².